The van der Waals surface area contributed by atoms with Crippen LogP contribution in [0.3, 0.4) is 0 Å². The minimum atomic E-state index is 0.00907. The van der Waals surface area contributed by atoms with E-state index < -0.39 is 0 Å². The zero-order valence-electron chi connectivity index (χ0n) is 12.5. The third-order valence-electron chi connectivity index (χ3n) is 3.19. The minimum Gasteiger partial charge on any atom is -0.497 e. The predicted molar refractivity (Wildman–Crippen MR) is 85.5 cm³/mol. The van der Waals surface area contributed by atoms with Crippen LogP contribution >= 0.6 is 0 Å². The van der Waals surface area contributed by atoms with Crippen LogP contribution in [0.25, 0.3) is 0 Å². The molecule has 0 bridgehead atoms. The van der Waals surface area contributed by atoms with Crippen molar-refractivity contribution in [2.45, 2.75) is 20.0 Å². The number of carbonyl (C=O) groups is 2. The second-order valence-corrected chi connectivity index (χ2v) is 5.04. The molecule has 0 spiro atoms. The number of hydrogen-bond donors (Lipinski definition) is 0. The van der Waals surface area contributed by atoms with E-state index >= 15 is 0 Å². The highest BCUT2D eigenvalue weighted by Gasteiger charge is 2.07. The van der Waals surface area contributed by atoms with Gasteiger partial charge in [-0.25, -0.2) is 0 Å². The van der Waals surface area contributed by atoms with Gasteiger partial charge in [0.1, 0.15) is 12.9 Å². The first-order chi connectivity index (χ1) is 10.7. The number of hydrogen-bond acceptors (Lipinski definition) is 3. The predicted octanol–water partition coefficient (Wildman–Crippen LogP) is 3.93. The van der Waals surface area contributed by atoms with Gasteiger partial charge in [-0.05, 0) is 18.1 Å². The molecule has 0 unspecified atom stereocenters. The lowest BCUT2D eigenvalue weighted by molar-refractivity contribution is -0.107. The topological polar surface area (TPSA) is 43.4 Å². The van der Waals surface area contributed by atoms with E-state index in [9.17, 15) is 9.59 Å². The van der Waals surface area contributed by atoms with Crippen LogP contribution in [0, 0.1) is 0 Å². The fourth-order valence-electron chi connectivity index (χ4n) is 1.97. The Bertz CT molecular complexity index is 655. The van der Waals surface area contributed by atoms with Crippen LogP contribution < -0.4 is 0 Å². The minimum absolute atomic E-state index is 0.00907. The molecular weight excluding hydrogens is 276 g/mol. The number of allylic oxidation sites excluding steroid dienone is 1. The van der Waals surface area contributed by atoms with Crippen LogP contribution in [-0.4, -0.2) is 12.1 Å². The maximum Gasteiger partial charge on any atom is 0.193 e. The van der Waals surface area contributed by atoms with E-state index in [4.69, 9.17) is 4.74 Å². The molecule has 0 aliphatic carbocycles. The molecule has 0 amide bonds. The van der Waals surface area contributed by atoms with Gasteiger partial charge in [0.15, 0.2) is 5.78 Å². The number of aldehydes is 1. The van der Waals surface area contributed by atoms with Crippen molar-refractivity contribution < 1.29 is 14.3 Å². The molecule has 0 radical (unpaired) electrons. The second-order valence-electron chi connectivity index (χ2n) is 5.04. The van der Waals surface area contributed by atoms with E-state index in [1.807, 2.05) is 37.3 Å². The Morgan fingerprint density at radius 2 is 1.64 bits per heavy atom. The van der Waals surface area contributed by atoms with Gasteiger partial charge in [-0.3, -0.25) is 4.79 Å². The molecule has 0 aliphatic heterocycles. The second kappa shape index (κ2) is 7.93. The Morgan fingerprint density at radius 1 is 1.00 bits per heavy atom. The maximum atomic E-state index is 12.3. The average molecular weight is 294 g/mol. The number of benzene rings is 2. The van der Waals surface area contributed by atoms with Gasteiger partial charge in [-0.15, -0.1) is 0 Å². The summed E-state index contributed by atoms with van der Waals surface area (Å²) in [4.78, 5) is 22.6. The monoisotopic (exact) mass is 294 g/mol. The van der Waals surface area contributed by atoms with Crippen LogP contribution in [0.1, 0.15) is 34.8 Å². The summed E-state index contributed by atoms with van der Waals surface area (Å²) in [5.74, 6) is 0.00907. The van der Waals surface area contributed by atoms with Crippen molar-refractivity contribution in [3.05, 3.63) is 83.1 Å². The largest absolute Gasteiger partial charge is 0.497 e. The van der Waals surface area contributed by atoms with Gasteiger partial charge in [0.25, 0.3) is 0 Å². The molecule has 22 heavy (non-hydrogen) atoms. The first kappa shape index (κ1) is 15.7. The molecule has 3 heteroatoms. The maximum absolute atomic E-state index is 12.3. The standard InChI is InChI=1S/C19H18O3/c1-15(11-12-20)13-22-14-16-7-9-18(10-8-16)19(21)17-5-3-2-4-6-17/h2-10,12-13H,11,14H2,1H3/b15-13+. The van der Waals surface area contributed by atoms with Crippen LogP contribution in [0.15, 0.2) is 66.4 Å². The van der Waals surface area contributed by atoms with Gasteiger partial charge < -0.3 is 9.53 Å². The van der Waals surface area contributed by atoms with Gasteiger partial charge in [-0.1, -0.05) is 54.6 Å². The highest BCUT2D eigenvalue weighted by Crippen LogP contribution is 2.12. The van der Waals surface area contributed by atoms with Crippen LogP contribution in [0.2, 0.25) is 0 Å². The van der Waals surface area contributed by atoms with E-state index in [1.54, 1.807) is 30.5 Å². The average Bonchev–Trinajstić information content (AvgIpc) is 2.56. The Balaban J connectivity index is 1.97. The summed E-state index contributed by atoms with van der Waals surface area (Å²) in [6.07, 6.45) is 2.82. The normalized spacial score (nSPS) is 11.0. The molecule has 0 heterocycles. The van der Waals surface area contributed by atoms with E-state index in [2.05, 4.69) is 0 Å². The van der Waals surface area contributed by atoms with Crippen LogP contribution in [-0.2, 0) is 16.1 Å². The quantitative estimate of drug-likeness (QED) is 0.441. The van der Waals surface area contributed by atoms with E-state index in [-0.39, 0.29) is 5.78 Å². The summed E-state index contributed by atoms with van der Waals surface area (Å²) >= 11 is 0. The van der Waals surface area contributed by atoms with Crippen molar-refractivity contribution in [1.29, 1.82) is 0 Å². The van der Waals surface area contributed by atoms with Gasteiger partial charge in [0, 0.05) is 17.5 Å². The molecule has 0 aromatic heterocycles. The lowest BCUT2D eigenvalue weighted by Gasteiger charge is -2.05. The first-order valence-electron chi connectivity index (χ1n) is 7.10. The van der Waals surface area contributed by atoms with E-state index in [1.165, 1.54) is 0 Å². The summed E-state index contributed by atoms with van der Waals surface area (Å²) in [6, 6.07) is 16.5. The third kappa shape index (κ3) is 4.42. The molecule has 0 N–H and O–H groups in total. The van der Waals surface area contributed by atoms with Gasteiger partial charge >= 0.3 is 0 Å². The third-order valence-corrected chi connectivity index (χ3v) is 3.19. The molecule has 112 valence electrons. The van der Waals surface area contributed by atoms with Crippen LogP contribution in [0.4, 0.5) is 0 Å². The zero-order chi connectivity index (χ0) is 15.8. The van der Waals surface area contributed by atoms with Gasteiger partial charge in [-0.2, -0.15) is 0 Å². The number of ether oxygens (including phenoxy) is 1. The Morgan fingerprint density at radius 3 is 2.27 bits per heavy atom. The summed E-state index contributed by atoms with van der Waals surface area (Å²) < 4.78 is 5.41. The molecule has 0 atom stereocenters. The molecule has 2 aromatic carbocycles. The van der Waals surface area contributed by atoms with Gasteiger partial charge in [0.2, 0.25) is 0 Å². The van der Waals surface area contributed by atoms with Crippen molar-refractivity contribution in [3.63, 3.8) is 0 Å². The molecule has 2 rings (SSSR count). The lowest BCUT2D eigenvalue weighted by Crippen LogP contribution is -2.01. The van der Waals surface area contributed by atoms with Crippen molar-refractivity contribution in [2.75, 3.05) is 0 Å². The molecule has 0 saturated carbocycles. The van der Waals surface area contributed by atoms with Crippen molar-refractivity contribution in [3.8, 4) is 0 Å². The summed E-state index contributed by atoms with van der Waals surface area (Å²) in [6.45, 7) is 2.26. The highest BCUT2D eigenvalue weighted by atomic mass is 16.5. The fraction of sp³-hybridized carbons (Fsp3) is 0.158. The summed E-state index contributed by atoms with van der Waals surface area (Å²) in [5, 5.41) is 0. The molecule has 3 nitrogen and oxygen atoms in total. The molecule has 0 saturated heterocycles. The Kier molecular flexibility index (Phi) is 5.66. The van der Waals surface area contributed by atoms with E-state index in [0.717, 1.165) is 17.4 Å². The number of ketones is 1. The molecule has 0 fully saturated rings. The van der Waals surface area contributed by atoms with Crippen molar-refractivity contribution in [1.82, 2.24) is 0 Å². The van der Waals surface area contributed by atoms with Gasteiger partial charge in [0.05, 0.1) is 6.26 Å². The molecular formula is C19H18O3. The first-order valence-corrected chi connectivity index (χ1v) is 7.10. The van der Waals surface area contributed by atoms with Crippen molar-refractivity contribution >= 4 is 12.1 Å². The molecule has 0 aliphatic rings. The SMILES string of the molecule is C/C(=C\OCc1ccc(C(=O)c2ccccc2)cc1)CC=O. The lowest BCUT2D eigenvalue weighted by atomic mass is 10.0. The Labute approximate surface area is 130 Å². The number of carbonyl (C=O) groups excluding carboxylic acids is 2. The van der Waals surface area contributed by atoms with Crippen LogP contribution in [0.5, 0.6) is 0 Å². The van der Waals surface area contributed by atoms with E-state index in [0.29, 0.717) is 24.2 Å². The Hall–Kier alpha value is -2.68. The fourth-order valence-corrected chi connectivity index (χ4v) is 1.97. The summed E-state index contributed by atoms with van der Waals surface area (Å²) in [5.41, 5.74) is 3.19. The highest BCUT2D eigenvalue weighted by molar-refractivity contribution is 6.08. The van der Waals surface area contributed by atoms with Crippen molar-refractivity contribution in [2.24, 2.45) is 0 Å². The summed E-state index contributed by atoms with van der Waals surface area (Å²) in [7, 11) is 0. The zero-order valence-corrected chi connectivity index (χ0v) is 12.5. The smallest absolute Gasteiger partial charge is 0.193 e. The molecule has 2 aromatic rings. The number of rotatable bonds is 7.